The molecular weight excluding hydrogens is 450 g/mol. The summed E-state index contributed by atoms with van der Waals surface area (Å²) in [6.07, 6.45) is 22.0. The van der Waals surface area contributed by atoms with Gasteiger partial charge in [-0.1, -0.05) is 102 Å². The molecule has 0 unspecified atom stereocenters. The number of unbranched alkanes of at least 4 members (excludes halogenated alkanes) is 16. The number of rotatable bonds is 20. The van der Waals surface area contributed by atoms with Gasteiger partial charge in [-0.25, -0.2) is 0 Å². The van der Waals surface area contributed by atoms with Crippen molar-refractivity contribution in [3.05, 3.63) is 34.4 Å². The molecule has 198 valence electrons. The Morgan fingerprint density at radius 2 is 1.17 bits per heavy atom. The van der Waals surface area contributed by atoms with Crippen molar-refractivity contribution in [2.75, 3.05) is 0 Å². The third-order valence-corrected chi connectivity index (χ3v) is 6.11. The number of ether oxygens (including phenoxy) is 1. The normalized spacial score (nSPS) is 10.1. The molecule has 0 saturated heterocycles. The Kier molecular flexibility index (Phi) is 19.7. The molecule has 0 heterocycles. The van der Waals surface area contributed by atoms with E-state index in [4.69, 9.17) is 4.74 Å². The van der Waals surface area contributed by atoms with Gasteiger partial charge in [-0.05, 0) is 43.2 Å². The van der Waals surface area contributed by atoms with Crippen molar-refractivity contribution >= 4 is 11.7 Å². The first-order valence-electron chi connectivity index (χ1n) is 14.0. The van der Waals surface area contributed by atoms with E-state index in [1.807, 2.05) is 0 Å². The summed E-state index contributed by atoms with van der Waals surface area (Å²) in [5, 5.41) is 10.6. The highest BCUT2D eigenvalue weighted by Crippen LogP contribution is 2.18. The zero-order chi connectivity index (χ0) is 26.1. The van der Waals surface area contributed by atoms with Crippen LogP contribution in [0.4, 0.5) is 5.69 Å². The number of esters is 1. The van der Waals surface area contributed by atoms with Crippen LogP contribution in [0.5, 0.6) is 5.75 Å². The molecule has 1 aromatic carbocycles. The molecule has 36 heavy (non-hydrogen) atoms. The van der Waals surface area contributed by atoms with Crippen molar-refractivity contribution < 1.29 is 14.5 Å². The summed E-state index contributed by atoms with van der Waals surface area (Å²) in [5.74, 6) is 12.3. The minimum atomic E-state index is -0.479. The van der Waals surface area contributed by atoms with Crippen molar-refractivity contribution in [2.24, 2.45) is 0 Å². The van der Waals surface area contributed by atoms with Gasteiger partial charge in [0, 0.05) is 31.4 Å². The number of non-ortho nitro benzene ring substituents is 1. The third kappa shape index (κ3) is 18.5. The van der Waals surface area contributed by atoms with Crippen molar-refractivity contribution in [1.29, 1.82) is 0 Å². The highest BCUT2D eigenvalue weighted by Gasteiger charge is 2.08. The van der Waals surface area contributed by atoms with Crippen LogP contribution in [-0.4, -0.2) is 10.9 Å². The lowest BCUT2D eigenvalue weighted by Gasteiger charge is -2.04. The number of hydrogen-bond donors (Lipinski definition) is 0. The van der Waals surface area contributed by atoms with Gasteiger partial charge < -0.3 is 4.74 Å². The zero-order valence-electron chi connectivity index (χ0n) is 22.3. The first kappa shape index (κ1) is 31.2. The summed E-state index contributed by atoms with van der Waals surface area (Å²) in [6, 6.07) is 5.56. The molecule has 0 aliphatic heterocycles. The Labute approximate surface area is 218 Å². The molecule has 5 nitrogen and oxygen atoms in total. The van der Waals surface area contributed by atoms with Gasteiger partial charge in [0.1, 0.15) is 5.75 Å². The van der Waals surface area contributed by atoms with Gasteiger partial charge in [-0.15, -0.1) is 0 Å². The topological polar surface area (TPSA) is 69.4 Å². The smallest absolute Gasteiger partial charge is 0.311 e. The maximum absolute atomic E-state index is 11.9. The summed E-state index contributed by atoms with van der Waals surface area (Å²) < 4.78 is 5.21. The third-order valence-electron chi connectivity index (χ3n) is 6.11. The first-order valence-corrected chi connectivity index (χ1v) is 14.0. The molecule has 0 aromatic heterocycles. The summed E-state index contributed by atoms with van der Waals surface area (Å²) in [4.78, 5) is 22.0. The fourth-order valence-corrected chi connectivity index (χ4v) is 3.92. The van der Waals surface area contributed by atoms with Gasteiger partial charge in [0.15, 0.2) is 0 Å². The van der Waals surface area contributed by atoms with E-state index in [9.17, 15) is 14.9 Å². The molecule has 0 aliphatic carbocycles. The van der Waals surface area contributed by atoms with E-state index in [1.165, 1.54) is 88.5 Å². The average molecular weight is 496 g/mol. The molecule has 5 heteroatoms. The van der Waals surface area contributed by atoms with E-state index in [1.54, 1.807) is 0 Å². The van der Waals surface area contributed by atoms with E-state index in [2.05, 4.69) is 30.6 Å². The van der Waals surface area contributed by atoms with Gasteiger partial charge >= 0.3 is 5.97 Å². The van der Waals surface area contributed by atoms with Crippen molar-refractivity contribution in [2.45, 2.75) is 129 Å². The van der Waals surface area contributed by atoms with Gasteiger partial charge in [0.25, 0.3) is 5.69 Å². The second kappa shape index (κ2) is 22.7. The molecule has 1 rings (SSSR count). The van der Waals surface area contributed by atoms with Crippen LogP contribution in [0.2, 0.25) is 0 Å². The predicted octanol–water partition coefficient (Wildman–Crippen LogP) is 8.94. The summed E-state index contributed by atoms with van der Waals surface area (Å²) in [6.45, 7) is 2.26. The van der Waals surface area contributed by atoms with Crippen molar-refractivity contribution in [1.82, 2.24) is 0 Å². The second-order valence-corrected chi connectivity index (χ2v) is 9.38. The SMILES string of the molecule is CCCCCCCCCCCCC#CC#CCCCCCCCCC(=O)Oc1ccc([N+](=O)[O-])cc1. The average Bonchev–Trinajstić information content (AvgIpc) is 2.87. The lowest BCUT2D eigenvalue weighted by molar-refractivity contribution is -0.384. The van der Waals surface area contributed by atoms with Crippen LogP contribution in [0.15, 0.2) is 24.3 Å². The van der Waals surface area contributed by atoms with E-state index < -0.39 is 4.92 Å². The fourth-order valence-electron chi connectivity index (χ4n) is 3.92. The van der Waals surface area contributed by atoms with E-state index >= 15 is 0 Å². The molecule has 0 fully saturated rings. The standard InChI is InChI=1S/C31H45NO4/c1-2-3-4-5-6-7-8-9-10-11-12-13-14-15-16-17-18-19-20-21-22-23-24-31(33)36-30-27-25-29(26-28-30)32(34)35/h25-28H,2-12,17-24H2,1H3. The number of nitrogens with zero attached hydrogens (tertiary/aromatic N) is 1. The van der Waals surface area contributed by atoms with Gasteiger partial charge in [0.2, 0.25) is 0 Å². The Morgan fingerprint density at radius 3 is 1.64 bits per heavy atom. The summed E-state index contributed by atoms with van der Waals surface area (Å²) in [7, 11) is 0. The lowest BCUT2D eigenvalue weighted by Crippen LogP contribution is -2.07. The summed E-state index contributed by atoms with van der Waals surface area (Å²) in [5.41, 5.74) is -0.0201. The lowest BCUT2D eigenvalue weighted by atomic mass is 10.1. The molecule has 0 bridgehead atoms. The minimum absolute atomic E-state index is 0.0201. The zero-order valence-corrected chi connectivity index (χ0v) is 22.3. The van der Waals surface area contributed by atoms with Crippen LogP contribution in [0, 0.1) is 33.8 Å². The number of carbonyl (C=O) groups is 1. The van der Waals surface area contributed by atoms with Crippen LogP contribution >= 0.6 is 0 Å². The molecule has 0 N–H and O–H groups in total. The molecular formula is C31H45NO4. The monoisotopic (exact) mass is 495 g/mol. The first-order chi connectivity index (χ1) is 17.6. The molecule has 0 atom stereocenters. The van der Waals surface area contributed by atoms with Crippen LogP contribution in [0.25, 0.3) is 0 Å². The minimum Gasteiger partial charge on any atom is -0.427 e. The van der Waals surface area contributed by atoms with Crippen LogP contribution < -0.4 is 4.74 Å². The number of benzene rings is 1. The van der Waals surface area contributed by atoms with Crippen LogP contribution in [0.1, 0.15) is 129 Å². The number of hydrogen-bond acceptors (Lipinski definition) is 4. The van der Waals surface area contributed by atoms with Crippen molar-refractivity contribution in [3.8, 4) is 29.4 Å². The maximum Gasteiger partial charge on any atom is 0.311 e. The van der Waals surface area contributed by atoms with Gasteiger partial charge in [-0.3, -0.25) is 14.9 Å². The number of carbonyl (C=O) groups excluding carboxylic acids is 1. The molecule has 0 amide bonds. The van der Waals surface area contributed by atoms with Gasteiger partial charge in [-0.2, -0.15) is 0 Å². The highest BCUT2D eigenvalue weighted by atomic mass is 16.6. The Hall–Kier alpha value is -2.79. The van der Waals surface area contributed by atoms with Crippen LogP contribution in [-0.2, 0) is 4.79 Å². The Balaban J connectivity index is 1.88. The number of nitro benzene ring substituents is 1. The largest absolute Gasteiger partial charge is 0.427 e. The summed E-state index contributed by atoms with van der Waals surface area (Å²) >= 11 is 0. The van der Waals surface area contributed by atoms with Crippen molar-refractivity contribution in [3.63, 3.8) is 0 Å². The van der Waals surface area contributed by atoms with E-state index in [0.717, 1.165) is 51.4 Å². The molecule has 0 spiro atoms. The molecule has 1 aromatic rings. The Morgan fingerprint density at radius 1 is 0.722 bits per heavy atom. The fraction of sp³-hybridized carbons (Fsp3) is 0.645. The quantitative estimate of drug-likeness (QED) is 0.0452. The van der Waals surface area contributed by atoms with Crippen LogP contribution in [0.3, 0.4) is 0 Å². The predicted molar refractivity (Wildman–Crippen MR) is 148 cm³/mol. The highest BCUT2D eigenvalue weighted by molar-refractivity contribution is 5.72. The number of nitro groups is 1. The molecule has 0 saturated carbocycles. The van der Waals surface area contributed by atoms with Gasteiger partial charge in [0.05, 0.1) is 4.92 Å². The van der Waals surface area contributed by atoms with E-state index in [0.29, 0.717) is 12.2 Å². The Bertz CT molecular complexity index is 839. The molecule has 0 aliphatic rings. The van der Waals surface area contributed by atoms with E-state index in [-0.39, 0.29) is 11.7 Å². The molecule has 0 radical (unpaired) electrons. The second-order valence-electron chi connectivity index (χ2n) is 9.38. The maximum atomic E-state index is 11.9.